The van der Waals surface area contributed by atoms with Crippen LogP contribution in [0.5, 0.6) is 0 Å². The zero-order chi connectivity index (χ0) is 12.3. The summed E-state index contributed by atoms with van der Waals surface area (Å²) in [5.74, 6) is 0. The van der Waals surface area contributed by atoms with Crippen LogP contribution in [0.4, 0.5) is 0 Å². The highest BCUT2D eigenvalue weighted by molar-refractivity contribution is 8.13. The van der Waals surface area contributed by atoms with E-state index in [9.17, 15) is 8.42 Å². The first kappa shape index (κ1) is 13.0. The van der Waals surface area contributed by atoms with Gasteiger partial charge in [0, 0.05) is 17.2 Å². The zero-order valence-electron chi connectivity index (χ0n) is 8.70. The predicted octanol–water partition coefficient (Wildman–Crippen LogP) is 1.51. The number of nitrogens with zero attached hydrogens (tertiary/aromatic N) is 1. The van der Waals surface area contributed by atoms with Crippen molar-refractivity contribution in [1.82, 2.24) is 0 Å². The van der Waals surface area contributed by atoms with Crippen LogP contribution in [0.15, 0.2) is 17.0 Å². The van der Waals surface area contributed by atoms with Crippen LogP contribution in [-0.2, 0) is 22.0 Å². The van der Waals surface area contributed by atoms with Crippen molar-refractivity contribution in [3.8, 4) is 6.07 Å². The monoisotopic (exact) mass is 258 g/mol. The third kappa shape index (κ3) is 2.53. The molecule has 0 aliphatic carbocycles. The molecule has 0 heterocycles. The number of rotatable bonds is 3. The van der Waals surface area contributed by atoms with E-state index in [0.717, 1.165) is 11.1 Å². The van der Waals surface area contributed by atoms with Crippen molar-refractivity contribution >= 4 is 19.7 Å². The minimum atomic E-state index is -3.89. The molecule has 0 bridgehead atoms. The van der Waals surface area contributed by atoms with Crippen LogP contribution in [0, 0.1) is 11.3 Å². The fourth-order valence-electron chi connectivity index (χ4n) is 1.47. The molecule has 0 atom stereocenters. The molecule has 0 saturated heterocycles. The van der Waals surface area contributed by atoms with E-state index in [1.54, 1.807) is 0 Å². The molecule has 4 nitrogen and oxygen atoms in total. The third-order valence-electron chi connectivity index (χ3n) is 2.29. The van der Waals surface area contributed by atoms with Gasteiger partial charge in [-0.1, -0.05) is 6.92 Å². The van der Waals surface area contributed by atoms with Gasteiger partial charge in [0.1, 0.15) is 11.0 Å². The molecule has 0 amide bonds. The van der Waals surface area contributed by atoms with Crippen molar-refractivity contribution < 1.29 is 8.42 Å². The summed E-state index contributed by atoms with van der Waals surface area (Å²) in [6.45, 7) is 2.14. The van der Waals surface area contributed by atoms with Crippen LogP contribution in [0.3, 0.4) is 0 Å². The van der Waals surface area contributed by atoms with Crippen LogP contribution in [0.2, 0.25) is 0 Å². The van der Waals surface area contributed by atoms with Gasteiger partial charge in [0.15, 0.2) is 0 Å². The van der Waals surface area contributed by atoms with Gasteiger partial charge < -0.3 is 5.73 Å². The highest BCUT2D eigenvalue weighted by Crippen LogP contribution is 2.24. The van der Waals surface area contributed by atoms with E-state index in [-0.39, 0.29) is 17.0 Å². The van der Waals surface area contributed by atoms with Gasteiger partial charge in [-0.2, -0.15) is 5.26 Å². The lowest BCUT2D eigenvalue weighted by atomic mass is 10.0. The van der Waals surface area contributed by atoms with Gasteiger partial charge in [-0.05, 0) is 29.7 Å². The summed E-state index contributed by atoms with van der Waals surface area (Å²) in [5, 5.41) is 8.85. The van der Waals surface area contributed by atoms with Crippen LogP contribution >= 0.6 is 10.7 Å². The molecule has 0 radical (unpaired) electrons. The molecule has 0 fully saturated rings. The standard InChI is InChI=1S/C10H11ClN2O2S/c1-2-7-4-10(16(11,14)15)9(6-13)3-8(7)5-12/h3-4H,2,5,12H2,1H3. The van der Waals surface area contributed by atoms with E-state index in [1.165, 1.54) is 12.1 Å². The van der Waals surface area contributed by atoms with Gasteiger partial charge in [-0.15, -0.1) is 0 Å². The predicted molar refractivity (Wildman–Crippen MR) is 61.5 cm³/mol. The zero-order valence-corrected chi connectivity index (χ0v) is 10.3. The third-order valence-corrected chi connectivity index (χ3v) is 3.65. The summed E-state index contributed by atoms with van der Waals surface area (Å²) in [4.78, 5) is -0.147. The Morgan fingerprint density at radius 1 is 1.44 bits per heavy atom. The van der Waals surface area contributed by atoms with E-state index < -0.39 is 9.05 Å². The van der Waals surface area contributed by atoms with Crippen molar-refractivity contribution in [2.75, 3.05) is 0 Å². The van der Waals surface area contributed by atoms with Crippen molar-refractivity contribution in [2.24, 2.45) is 5.73 Å². The van der Waals surface area contributed by atoms with Crippen LogP contribution in [-0.4, -0.2) is 8.42 Å². The maximum atomic E-state index is 11.3. The van der Waals surface area contributed by atoms with Crippen LogP contribution in [0.25, 0.3) is 0 Å². The average molecular weight is 259 g/mol. The first-order valence-electron chi connectivity index (χ1n) is 4.64. The quantitative estimate of drug-likeness (QED) is 0.833. The summed E-state index contributed by atoms with van der Waals surface area (Å²) in [5.41, 5.74) is 7.11. The number of benzene rings is 1. The molecule has 1 aromatic carbocycles. The highest BCUT2D eigenvalue weighted by atomic mass is 35.7. The van der Waals surface area contributed by atoms with Gasteiger partial charge >= 0.3 is 0 Å². The van der Waals surface area contributed by atoms with E-state index in [1.807, 2.05) is 13.0 Å². The number of aryl methyl sites for hydroxylation is 1. The van der Waals surface area contributed by atoms with Gasteiger partial charge in [-0.3, -0.25) is 0 Å². The van der Waals surface area contributed by atoms with E-state index in [2.05, 4.69) is 0 Å². The number of nitriles is 1. The summed E-state index contributed by atoms with van der Waals surface area (Å²) in [6.07, 6.45) is 0.637. The molecule has 0 aliphatic rings. The molecular weight excluding hydrogens is 248 g/mol. The number of hydrogen-bond acceptors (Lipinski definition) is 4. The normalized spacial score (nSPS) is 11.1. The molecule has 2 N–H and O–H groups in total. The Labute approximate surface area is 99.1 Å². The molecule has 0 aliphatic heterocycles. The minimum absolute atomic E-state index is 0.0349. The molecule has 1 rings (SSSR count). The second-order valence-corrected chi connectivity index (χ2v) is 5.76. The Balaban J connectivity index is 3.58. The molecule has 86 valence electrons. The summed E-state index contributed by atoms with van der Waals surface area (Å²) >= 11 is 0. The SMILES string of the molecule is CCc1cc(S(=O)(=O)Cl)c(C#N)cc1CN. The molecule has 0 spiro atoms. The lowest BCUT2D eigenvalue weighted by molar-refractivity contribution is 0.609. The number of nitrogens with two attached hydrogens (primary N) is 1. The summed E-state index contributed by atoms with van der Waals surface area (Å²) in [6, 6.07) is 4.71. The first-order valence-corrected chi connectivity index (χ1v) is 6.95. The summed E-state index contributed by atoms with van der Waals surface area (Å²) < 4.78 is 22.5. The van der Waals surface area contributed by atoms with Crippen LogP contribution < -0.4 is 5.73 Å². The van der Waals surface area contributed by atoms with Gasteiger partial charge in [0.2, 0.25) is 0 Å². The molecule has 0 aromatic heterocycles. The van der Waals surface area contributed by atoms with Crippen molar-refractivity contribution in [3.05, 3.63) is 28.8 Å². The highest BCUT2D eigenvalue weighted by Gasteiger charge is 2.18. The largest absolute Gasteiger partial charge is 0.326 e. The van der Waals surface area contributed by atoms with Crippen molar-refractivity contribution in [1.29, 1.82) is 5.26 Å². The lowest BCUT2D eigenvalue weighted by Crippen LogP contribution is -2.05. The molecule has 1 aromatic rings. The Hall–Kier alpha value is -1.09. The van der Waals surface area contributed by atoms with Crippen molar-refractivity contribution in [2.45, 2.75) is 24.8 Å². The molecule has 0 unspecified atom stereocenters. The van der Waals surface area contributed by atoms with Crippen LogP contribution in [0.1, 0.15) is 23.6 Å². The fraction of sp³-hybridized carbons (Fsp3) is 0.300. The van der Waals surface area contributed by atoms with Gasteiger partial charge in [0.05, 0.1) is 5.56 Å². The maximum absolute atomic E-state index is 11.3. The van der Waals surface area contributed by atoms with E-state index in [4.69, 9.17) is 21.7 Å². The number of halogens is 1. The Bertz CT molecular complexity index is 547. The fourth-order valence-corrected chi connectivity index (χ4v) is 2.51. The average Bonchev–Trinajstić information content (AvgIpc) is 2.25. The molecule has 0 saturated carbocycles. The summed E-state index contributed by atoms with van der Waals surface area (Å²) in [7, 11) is 1.36. The Kier molecular flexibility index (Phi) is 3.92. The smallest absolute Gasteiger partial charge is 0.262 e. The van der Waals surface area contributed by atoms with E-state index in [0.29, 0.717) is 6.42 Å². The van der Waals surface area contributed by atoms with Gasteiger partial charge in [-0.25, -0.2) is 8.42 Å². The molecule has 16 heavy (non-hydrogen) atoms. The lowest BCUT2D eigenvalue weighted by Gasteiger charge is -2.08. The molecular formula is C10H11ClN2O2S. The maximum Gasteiger partial charge on any atom is 0.262 e. The minimum Gasteiger partial charge on any atom is -0.326 e. The Morgan fingerprint density at radius 3 is 2.44 bits per heavy atom. The Morgan fingerprint density at radius 2 is 2.06 bits per heavy atom. The molecule has 6 heteroatoms. The number of hydrogen-bond donors (Lipinski definition) is 1. The second-order valence-electron chi connectivity index (χ2n) is 3.22. The van der Waals surface area contributed by atoms with E-state index >= 15 is 0 Å². The first-order chi connectivity index (χ1) is 7.43. The van der Waals surface area contributed by atoms with Crippen molar-refractivity contribution in [3.63, 3.8) is 0 Å². The topological polar surface area (TPSA) is 84.0 Å². The second kappa shape index (κ2) is 4.83. The van der Waals surface area contributed by atoms with Gasteiger partial charge in [0.25, 0.3) is 9.05 Å².